The van der Waals surface area contributed by atoms with Crippen LogP contribution in [0, 0.1) is 5.92 Å². The Morgan fingerprint density at radius 2 is 1.95 bits per heavy atom. The van der Waals surface area contributed by atoms with E-state index in [0.717, 1.165) is 6.07 Å². The smallest absolute Gasteiger partial charge is 0.167 e. The van der Waals surface area contributed by atoms with Crippen LogP contribution < -0.4 is 0 Å². The Bertz CT molecular complexity index is 571. The highest BCUT2D eigenvalue weighted by atomic mass is 16.3. The predicted octanol–water partition coefficient (Wildman–Crippen LogP) is 2.57. The van der Waals surface area contributed by atoms with E-state index in [1.807, 2.05) is 0 Å². The van der Waals surface area contributed by atoms with E-state index in [4.69, 9.17) is 5.11 Å². The van der Waals surface area contributed by atoms with Gasteiger partial charge in [-0.2, -0.15) is 0 Å². The summed E-state index contributed by atoms with van der Waals surface area (Å²) in [7, 11) is 0. The first-order chi connectivity index (χ1) is 8.95. The van der Waals surface area contributed by atoms with Crippen LogP contribution in [0.5, 0.6) is 11.5 Å². The number of carbonyl (C=O) groups is 1. The van der Waals surface area contributed by atoms with Crippen molar-refractivity contribution in [3.8, 4) is 11.5 Å². The predicted molar refractivity (Wildman–Crippen MR) is 68.2 cm³/mol. The summed E-state index contributed by atoms with van der Waals surface area (Å²) in [4.78, 5) is 12.0. The summed E-state index contributed by atoms with van der Waals surface area (Å²) in [6, 6.07) is 3.76. The number of benzene rings is 1. The number of ketones is 1. The molecule has 1 aliphatic rings. The molecule has 0 saturated carbocycles. The molecule has 0 bridgehead atoms. The lowest BCUT2D eigenvalue weighted by Gasteiger charge is -2.16. The van der Waals surface area contributed by atoms with Crippen LogP contribution in [0.2, 0.25) is 0 Å². The lowest BCUT2D eigenvalue weighted by Crippen LogP contribution is -2.11. The lowest BCUT2D eigenvalue weighted by molar-refractivity contribution is 0.0964. The number of hydrogen-bond acceptors (Lipinski definition) is 5. The molecule has 4 N–H and O–H groups in total. The van der Waals surface area contributed by atoms with Gasteiger partial charge in [0.25, 0.3) is 0 Å². The van der Waals surface area contributed by atoms with Gasteiger partial charge in [0.2, 0.25) is 0 Å². The van der Waals surface area contributed by atoms with Crippen molar-refractivity contribution in [1.29, 1.82) is 0 Å². The second-order valence-corrected chi connectivity index (χ2v) is 4.52. The van der Waals surface area contributed by atoms with Crippen LogP contribution in [-0.4, -0.2) is 26.2 Å². The lowest BCUT2D eigenvalue weighted by atomic mass is 9.91. The molecule has 1 aromatic carbocycles. The molecule has 1 aliphatic carbocycles. The summed E-state index contributed by atoms with van der Waals surface area (Å²) in [6.07, 6.45) is 3.06. The zero-order valence-electron chi connectivity index (χ0n) is 10.1. The second-order valence-electron chi connectivity index (χ2n) is 4.52. The van der Waals surface area contributed by atoms with E-state index in [9.17, 15) is 20.1 Å². The van der Waals surface area contributed by atoms with E-state index in [2.05, 4.69) is 0 Å². The third-order valence-electron chi connectivity index (χ3n) is 2.92. The highest BCUT2D eigenvalue weighted by molar-refractivity contribution is 5.99. The molecule has 5 heteroatoms. The molecule has 0 fully saturated rings. The third kappa shape index (κ3) is 3.07. The van der Waals surface area contributed by atoms with Crippen molar-refractivity contribution in [2.45, 2.75) is 12.8 Å². The largest absolute Gasteiger partial charge is 0.512 e. The van der Waals surface area contributed by atoms with Crippen molar-refractivity contribution in [2.24, 2.45) is 5.92 Å². The molecule has 1 unspecified atom stereocenters. The Morgan fingerprint density at radius 1 is 1.21 bits per heavy atom. The SMILES string of the molecule is O=C(CC1C=C(O)C=C(O)C1)c1ccc(O)cc1O. The van der Waals surface area contributed by atoms with E-state index < -0.39 is 0 Å². The Hall–Kier alpha value is -2.43. The maximum absolute atomic E-state index is 12.0. The number of phenols is 2. The fourth-order valence-corrected chi connectivity index (χ4v) is 2.08. The molecule has 0 amide bonds. The third-order valence-corrected chi connectivity index (χ3v) is 2.92. The Morgan fingerprint density at radius 3 is 2.58 bits per heavy atom. The molecule has 0 aromatic heterocycles. The first kappa shape index (κ1) is 13.0. The minimum absolute atomic E-state index is 0.0210. The van der Waals surface area contributed by atoms with Crippen LogP contribution in [0.25, 0.3) is 0 Å². The number of aliphatic hydroxyl groups is 2. The normalized spacial score (nSPS) is 18.6. The molecule has 0 aliphatic heterocycles. The number of allylic oxidation sites excluding steroid dienone is 3. The number of Topliss-reactive ketones (excluding diaryl/α,β-unsaturated/α-hetero) is 1. The fourth-order valence-electron chi connectivity index (χ4n) is 2.08. The summed E-state index contributed by atoms with van der Waals surface area (Å²) in [5, 5.41) is 37.5. The van der Waals surface area contributed by atoms with Crippen LogP contribution in [0.4, 0.5) is 0 Å². The number of carbonyl (C=O) groups excluding carboxylic acids is 1. The van der Waals surface area contributed by atoms with Gasteiger partial charge in [-0.3, -0.25) is 4.79 Å². The zero-order valence-corrected chi connectivity index (χ0v) is 10.1. The van der Waals surface area contributed by atoms with Crippen LogP contribution >= 0.6 is 0 Å². The van der Waals surface area contributed by atoms with Gasteiger partial charge in [-0.05, 0) is 24.1 Å². The summed E-state index contributed by atoms with van der Waals surface area (Å²) < 4.78 is 0. The number of aliphatic hydroxyl groups excluding tert-OH is 2. The molecule has 0 spiro atoms. The number of hydrogen-bond donors (Lipinski definition) is 4. The van der Waals surface area contributed by atoms with Gasteiger partial charge >= 0.3 is 0 Å². The van der Waals surface area contributed by atoms with Crippen LogP contribution in [0.15, 0.2) is 41.9 Å². The molecule has 100 valence electrons. The molecular formula is C14H14O5. The van der Waals surface area contributed by atoms with Crippen LogP contribution in [-0.2, 0) is 0 Å². The van der Waals surface area contributed by atoms with E-state index in [1.165, 1.54) is 24.3 Å². The van der Waals surface area contributed by atoms with Crippen molar-refractivity contribution >= 4 is 5.78 Å². The van der Waals surface area contributed by atoms with Crippen molar-refractivity contribution in [2.75, 3.05) is 0 Å². The molecule has 1 atom stereocenters. The molecule has 0 saturated heterocycles. The van der Waals surface area contributed by atoms with E-state index in [0.29, 0.717) is 0 Å². The van der Waals surface area contributed by atoms with Gasteiger partial charge in [0.05, 0.1) is 11.3 Å². The first-order valence-electron chi connectivity index (χ1n) is 5.81. The van der Waals surface area contributed by atoms with Gasteiger partial charge in [-0.15, -0.1) is 0 Å². The molecule has 0 radical (unpaired) electrons. The molecule has 2 rings (SSSR count). The molecule has 0 heterocycles. The Labute approximate surface area is 109 Å². The Kier molecular flexibility index (Phi) is 3.46. The van der Waals surface area contributed by atoms with Crippen molar-refractivity contribution < 1.29 is 25.2 Å². The first-order valence-corrected chi connectivity index (χ1v) is 5.81. The van der Waals surface area contributed by atoms with Crippen molar-refractivity contribution in [3.63, 3.8) is 0 Å². The van der Waals surface area contributed by atoms with Gasteiger partial charge in [0, 0.05) is 25.0 Å². The van der Waals surface area contributed by atoms with E-state index >= 15 is 0 Å². The van der Waals surface area contributed by atoms with Gasteiger partial charge in [0.15, 0.2) is 5.78 Å². The zero-order chi connectivity index (χ0) is 14.0. The van der Waals surface area contributed by atoms with Crippen LogP contribution in [0.3, 0.4) is 0 Å². The van der Waals surface area contributed by atoms with E-state index in [1.54, 1.807) is 0 Å². The monoisotopic (exact) mass is 262 g/mol. The molecule has 5 nitrogen and oxygen atoms in total. The Balaban J connectivity index is 2.12. The quantitative estimate of drug-likeness (QED) is 0.627. The molecule has 19 heavy (non-hydrogen) atoms. The number of phenolic OH excluding ortho intramolecular Hbond substituents is 2. The highest BCUT2D eigenvalue weighted by Crippen LogP contribution is 2.28. The van der Waals surface area contributed by atoms with Gasteiger partial charge in [0.1, 0.15) is 17.3 Å². The average molecular weight is 262 g/mol. The minimum atomic E-state index is -0.318. The topological polar surface area (TPSA) is 98.0 Å². The van der Waals surface area contributed by atoms with E-state index in [-0.39, 0.29) is 53.1 Å². The van der Waals surface area contributed by atoms with Gasteiger partial charge in [-0.25, -0.2) is 0 Å². The maximum Gasteiger partial charge on any atom is 0.167 e. The van der Waals surface area contributed by atoms with Crippen molar-refractivity contribution in [3.05, 3.63) is 47.4 Å². The number of rotatable bonds is 3. The summed E-state index contributed by atoms with van der Waals surface area (Å²) >= 11 is 0. The molecular weight excluding hydrogens is 248 g/mol. The van der Waals surface area contributed by atoms with Crippen molar-refractivity contribution in [1.82, 2.24) is 0 Å². The summed E-state index contributed by atoms with van der Waals surface area (Å²) in [5.74, 6) is -1.09. The van der Waals surface area contributed by atoms with Gasteiger partial charge < -0.3 is 20.4 Å². The standard InChI is InChI=1S/C14H14O5/c15-9-1-2-12(14(19)7-9)13(18)5-8-3-10(16)6-11(17)4-8/h1-3,6-8,15-17,19H,4-5H2. The average Bonchev–Trinajstić information content (AvgIpc) is 2.26. The van der Waals surface area contributed by atoms with Crippen LogP contribution in [0.1, 0.15) is 23.2 Å². The van der Waals surface area contributed by atoms with Gasteiger partial charge in [-0.1, -0.05) is 0 Å². The fraction of sp³-hybridized carbons (Fsp3) is 0.214. The highest BCUT2D eigenvalue weighted by Gasteiger charge is 2.20. The maximum atomic E-state index is 12.0. The number of aromatic hydroxyl groups is 2. The minimum Gasteiger partial charge on any atom is -0.512 e. The molecule has 1 aromatic rings. The second kappa shape index (κ2) is 5.06. The summed E-state index contributed by atoms with van der Waals surface area (Å²) in [5.41, 5.74) is 0.111. The summed E-state index contributed by atoms with van der Waals surface area (Å²) in [6.45, 7) is 0.